The van der Waals surface area contributed by atoms with Gasteiger partial charge in [-0.15, -0.1) is 0 Å². The monoisotopic (exact) mass is 322 g/mol. The average Bonchev–Trinajstić information content (AvgIpc) is 3.05. The number of hydrogen-bond donors (Lipinski definition) is 2. The molecule has 6 nitrogen and oxygen atoms in total. The van der Waals surface area contributed by atoms with Crippen molar-refractivity contribution in [1.82, 2.24) is 14.7 Å². The van der Waals surface area contributed by atoms with Crippen LogP contribution in [0.25, 0.3) is 0 Å². The highest BCUT2D eigenvalue weighted by Crippen LogP contribution is 2.27. The van der Waals surface area contributed by atoms with Crippen LogP contribution in [-0.2, 0) is 6.54 Å². The molecule has 0 aromatic carbocycles. The molecular formula is C17H30N4O2. The van der Waals surface area contributed by atoms with Gasteiger partial charge in [0.1, 0.15) is 0 Å². The van der Waals surface area contributed by atoms with E-state index in [1.807, 2.05) is 11.6 Å². The molecule has 0 bridgehead atoms. The van der Waals surface area contributed by atoms with Crippen LogP contribution in [0.1, 0.15) is 52.7 Å². The molecule has 0 radical (unpaired) electrons. The van der Waals surface area contributed by atoms with Crippen LogP contribution < -0.4 is 5.32 Å². The summed E-state index contributed by atoms with van der Waals surface area (Å²) in [6.45, 7) is 11.4. The number of carbonyl (C=O) groups excluding carboxylic acids is 1. The van der Waals surface area contributed by atoms with Crippen molar-refractivity contribution in [1.29, 1.82) is 0 Å². The number of nitrogens with one attached hydrogen (secondary N) is 1. The summed E-state index contributed by atoms with van der Waals surface area (Å²) in [5, 5.41) is 17.6. The number of rotatable bonds is 5. The number of anilines is 1. The van der Waals surface area contributed by atoms with E-state index in [0.29, 0.717) is 12.5 Å². The minimum atomic E-state index is -0.885. The standard InChI is InChI=1S/C17H30N4O2/c1-12(2)8-10-21-13(3)14(11-18-21)19-16(22)20-9-6-7-15(20)17(4,5)23/h11-12,15,23H,6-10H2,1-5H3,(H,19,22). The zero-order valence-corrected chi connectivity index (χ0v) is 15.0. The van der Waals surface area contributed by atoms with Crippen molar-refractivity contribution in [2.45, 2.75) is 72.1 Å². The highest BCUT2D eigenvalue weighted by atomic mass is 16.3. The number of aromatic nitrogens is 2. The average molecular weight is 322 g/mol. The van der Waals surface area contributed by atoms with Gasteiger partial charge in [0, 0.05) is 13.1 Å². The fourth-order valence-corrected chi connectivity index (χ4v) is 3.11. The lowest BCUT2D eigenvalue weighted by molar-refractivity contribution is 0.0117. The second kappa shape index (κ2) is 6.91. The van der Waals surface area contributed by atoms with Gasteiger partial charge in [-0.2, -0.15) is 5.10 Å². The van der Waals surface area contributed by atoms with E-state index in [1.54, 1.807) is 24.9 Å². The number of aryl methyl sites for hydroxylation is 1. The Balaban J connectivity index is 2.03. The first-order valence-electron chi connectivity index (χ1n) is 8.52. The number of aliphatic hydroxyl groups is 1. The number of carbonyl (C=O) groups is 1. The summed E-state index contributed by atoms with van der Waals surface area (Å²) < 4.78 is 1.94. The predicted octanol–water partition coefficient (Wildman–Crippen LogP) is 3.00. The Morgan fingerprint density at radius 3 is 2.83 bits per heavy atom. The second-order valence-electron chi connectivity index (χ2n) is 7.48. The lowest BCUT2D eigenvalue weighted by atomic mass is 9.97. The van der Waals surface area contributed by atoms with Crippen molar-refractivity contribution in [2.24, 2.45) is 5.92 Å². The molecule has 0 aliphatic carbocycles. The SMILES string of the molecule is Cc1c(NC(=O)N2CCCC2C(C)(C)O)cnn1CCC(C)C. The molecule has 2 rings (SSSR count). The van der Waals surface area contributed by atoms with Gasteiger partial charge in [0.2, 0.25) is 0 Å². The second-order valence-corrected chi connectivity index (χ2v) is 7.48. The number of likely N-dealkylation sites (tertiary alicyclic amines) is 1. The molecule has 0 saturated carbocycles. The predicted molar refractivity (Wildman–Crippen MR) is 91.5 cm³/mol. The third-order valence-corrected chi connectivity index (χ3v) is 4.59. The zero-order valence-electron chi connectivity index (χ0n) is 15.0. The molecule has 1 aromatic heterocycles. The van der Waals surface area contributed by atoms with Crippen LogP contribution in [0.3, 0.4) is 0 Å². The minimum Gasteiger partial charge on any atom is -0.388 e. The van der Waals surface area contributed by atoms with Crippen molar-refractivity contribution < 1.29 is 9.90 Å². The first-order valence-corrected chi connectivity index (χ1v) is 8.52. The minimum absolute atomic E-state index is 0.140. The maximum Gasteiger partial charge on any atom is 0.322 e. The van der Waals surface area contributed by atoms with Gasteiger partial charge in [-0.25, -0.2) is 4.79 Å². The third kappa shape index (κ3) is 4.25. The normalized spacial score (nSPS) is 18.7. The van der Waals surface area contributed by atoms with Crippen LogP contribution in [0.2, 0.25) is 0 Å². The Hall–Kier alpha value is -1.56. The van der Waals surface area contributed by atoms with Gasteiger partial charge in [-0.05, 0) is 46.0 Å². The van der Waals surface area contributed by atoms with E-state index in [1.165, 1.54) is 0 Å². The van der Waals surface area contributed by atoms with Crippen molar-refractivity contribution in [3.8, 4) is 0 Å². The van der Waals surface area contributed by atoms with E-state index in [0.717, 1.165) is 37.2 Å². The van der Waals surface area contributed by atoms with E-state index in [-0.39, 0.29) is 12.1 Å². The number of hydrogen-bond acceptors (Lipinski definition) is 3. The quantitative estimate of drug-likeness (QED) is 0.875. The van der Waals surface area contributed by atoms with Crippen molar-refractivity contribution in [3.05, 3.63) is 11.9 Å². The fraction of sp³-hybridized carbons (Fsp3) is 0.765. The van der Waals surface area contributed by atoms with Crippen LogP contribution in [-0.4, -0.2) is 44.0 Å². The Kier molecular flexibility index (Phi) is 5.34. The van der Waals surface area contributed by atoms with Gasteiger partial charge in [0.15, 0.2) is 0 Å². The number of amides is 2. The Morgan fingerprint density at radius 1 is 1.52 bits per heavy atom. The molecule has 1 aliphatic heterocycles. The molecular weight excluding hydrogens is 292 g/mol. The molecule has 1 unspecified atom stereocenters. The largest absolute Gasteiger partial charge is 0.388 e. The third-order valence-electron chi connectivity index (χ3n) is 4.59. The van der Waals surface area contributed by atoms with Crippen LogP contribution >= 0.6 is 0 Å². The van der Waals surface area contributed by atoms with Crippen LogP contribution in [0.15, 0.2) is 6.20 Å². The van der Waals surface area contributed by atoms with E-state index in [2.05, 4.69) is 24.3 Å². The molecule has 0 spiro atoms. The fourth-order valence-electron chi connectivity index (χ4n) is 3.11. The molecule has 1 fully saturated rings. The lowest BCUT2D eigenvalue weighted by Gasteiger charge is -2.33. The highest BCUT2D eigenvalue weighted by molar-refractivity contribution is 5.90. The van der Waals surface area contributed by atoms with Gasteiger partial charge in [0.05, 0.1) is 29.2 Å². The first-order chi connectivity index (χ1) is 10.7. The Bertz CT molecular complexity index is 545. The van der Waals surface area contributed by atoms with Gasteiger partial charge in [-0.3, -0.25) is 4.68 Å². The molecule has 130 valence electrons. The molecule has 1 atom stereocenters. The van der Waals surface area contributed by atoms with Gasteiger partial charge >= 0.3 is 6.03 Å². The first kappa shape index (κ1) is 17.8. The van der Waals surface area contributed by atoms with Crippen LogP contribution in [0.5, 0.6) is 0 Å². The van der Waals surface area contributed by atoms with Crippen molar-refractivity contribution in [3.63, 3.8) is 0 Å². The molecule has 1 aromatic rings. The topological polar surface area (TPSA) is 70.4 Å². The van der Waals surface area contributed by atoms with E-state index in [9.17, 15) is 9.90 Å². The lowest BCUT2D eigenvalue weighted by Crippen LogP contribution is -2.49. The highest BCUT2D eigenvalue weighted by Gasteiger charge is 2.38. The molecule has 1 aliphatic rings. The summed E-state index contributed by atoms with van der Waals surface area (Å²) in [4.78, 5) is 14.3. The van der Waals surface area contributed by atoms with Gasteiger partial charge in [0.25, 0.3) is 0 Å². The molecule has 1 saturated heterocycles. The Morgan fingerprint density at radius 2 is 2.22 bits per heavy atom. The van der Waals surface area contributed by atoms with E-state index in [4.69, 9.17) is 0 Å². The van der Waals surface area contributed by atoms with Crippen LogP contribution in [0, 0.1) is 12.8 Å². The summed E-state index contributed by atoms with van der Waals surface area (Å²) in [6, 6.07) is -0.292. The van der Waals surface area contributed by atoms with Gasteiger partial charge < -0.3 is 15.3 Å². The summed E-state index contributed by atoms with van der Waals surface area (Å²) in [6.07, 6.45) is 4.53. The van der Waals surface area contributed by atoms with E-state index >= 15 is 0 Å². The summed E-state index contributed by atoms with van der Waals surface area (Å²) in [5.74, 6) is 0.619. The van der Waals surface area contributed by atoms with Crippen molar-refractivity contribution >= 4 is 11.7 Å². The molecule has 2 heterocycles. The maximum absolute atomic E-state index is 12.6. The zero-order chi connectivity index (χ0) is 17.2. The molecule has 2 amide bonds. The number of urea groups is 1. The summed E-state index contributed by atoms with van der Waals surface area (Å²) in [7, 11) is 0. The smallest absolute Gasteiger partial charge is 0.322 e. The van der Waals surface area contributed by atoms with Crippen LogP contribution in [0.4, 0.5) is 10.5 Å². The molecule has 6 heteroatoms. The molecule has 23 heavy (non-hydrogen) atoms. The van der Waals surface area contributed by atoms with E-state index < -0.39 is 5.60 Å². The van der Waals surface area contributed by atoms with Gasteiger partial charge in [-0.1, -0.05) is 13.8 Å². The summed E-state index contributed by atoms with van der Waals surface area (Å²) >= 11 is 0. The number of nitrogens with zero attached hydrogens (tertiary/aromatic N) is 3. The molecule has 2 N–H and O–H groups in total. The maximum atomic E-state index is 12.6. The summed E-state index contributed by atoms with van der Waals surface area (Å²) in [5.41, 5.74) is 0.836. The van der Waals surface area contributed by atoms with Crippen molar-refractivity contribution in [2.75, 3.05) is 11.9 Å². The Labute approximate surface area is 138 Å².